The number of fused-ring (bicyclic) bond motifs is 3. The summed E-state index contributed by atoms with van der Waals surface area (Å²) in [5.41, 5.74) is 4.36. The summed E-state index contributed by atoms with van der Waals surface area (Å²) >= 11 is 0. The molecule has 0 bridgehead atoms. The van der Waals surface area contributed by atoms with Gasteiger partial charge in [-0.25, -0.2) is 0 Å². The number of aryl methyl sites for hydroxylation is 1. The first kappa shape index (κ1) is 16.4. The Hall–Kier alpha value is -2.73. The van der Waals surface area contributed by atoms with Crippen LogP contribution in [0.15, 0.2) is 42.6 Å². The SMILES string of the molecule is CN(C)CC(=O)N1CC2(CCn3nc(-c4cnc5ccccc5c4)cc32)C1. The van der Waals surface area contributed by atoms with Crippen molar-refractivity contribution >= 4 is 16.8 Å². The van der Waals surface area contributed by atoms with Gasteiger partial charge in [-0.3, -0.25) is 14.5 Å². The summed E-state index contributed by atoms with van der Waals surface area (Å²) in [5.74, 6) is 0.211. The van der Waals surface area contributed by atoms with Crippen LogP contribution in [-0.4, -0.2) is 64.2 Å². The molecule has 6 heteroatoms. The van der Waals surface area contributed by atoms with E-state index in [1.165, 1.54) is 5.69 Å². The van der Waals surface area contributed by atoms with Gasteiger partial charge in [-0.1, -0.05) is 18.2 Å². The quantitative estimate of drug-likeness (QED) is 0.717. The third-order valence-corrected chi connectivity index (χ3v) is 5.80. The molecule has 3 aromatic rings. The van der Waals surface area contributed by atoms with Crippen molar-refractivity contribution in [2.45, 2.75) is 18.4 Å². The number of carbonyl (C=O) groups is 1. The van der Waals surface area contributed by atoms with Gasteiger partial charge in [0.15, 0.2) is 0 Å². The first-order chi connectivity index (χ1) is 13.0. The lowest BCUT2D eigenvalue weighted by atomic mass is 9.75. The first-order valence-corrected chi connectivity index (χ1v) is 9.40. The van der Waals surface area contributed by atoms with Crippen molar-refractivity contribution in [2.75, 3.05) is 33.7 Å². The topological polar surface area (TPSA) is 54.3 Å². The highest BCUT2D eigenvalue weighted by molar-refractivity contribution is 5.83. The molecule has 0 saturated carbocycles. The zero-order valence-corrected chi connectivity index (χ0v) is 15.7. The van der Waals surface area contributed by atoms with Gasteiger partial charge in [-0.05, 0) is 38.7 Å². The molecule has 1 aromatic carbocycles. The number of likely N-dealkylation sites (tertiary alicyclic amines) is 1. The van der Waals surface area contributed by atoms with E-state index in [0.29, 0.717) is 6.54 Å². The maximum absolute atomic E-state index is 12.3. The molecular weight excluding hydrogens is 338 g/mol. The minimum atomic E-state index is 0.0809. The Kier molecular flexibility index (Phi) is 3.59. The lowest BCUT2D eigenvalue weighted by Crippen LogP contribution is -2.61. The standard InChI is InChI=1S/C21H23N5O/c1-24(2)12-20(27)25-13-21(14-25)7-8-26-19(21)10-18(23-26)16-9-15-5-3-4-6-17(15)22-11-16/h3-6,9-11H,7-8,12-14H2,1-2H3. The Morgan fingerprint density at radius 3 is 2.85 bits per heavy atom. The molecule has 0 aliphatic carbocycles. The van der Waals surface area contributed by atoms with Crippen molar-refractivity contribution in [2.24, 2.45) is 0 Å². The molecule has 6 nitrogen and oxygen atoms in total. The summed E-state index contributed by atoms with van der Waals surface area (Å²) in [6, 6.07) is 12.5. The third kappa shape index (κ3) is 2.63. The second-order valence-corrected chi connectivity index (χ2v) is 8.07. The number of benzene rings is 1. The predicted octanol–water partition coefficient (Wildman–Crippen LogP) is 2.14. The predicted molar refractivity (Wildman–Crippen MR) is 104 cm³/mol. The van der Waals surface area contributed by atoms with Crippen molar-refractivity contribution in [3.05, 3.63) is 48.3 Å². The van der Waals surface area contributed by atoms with Crippen LogP contribution in [0.1, 0.15) is 12.1 Å². The van der Waals surface area contributed by atoms with Crippen molar-refractivity contribution in [1.29, 1.82) is 0 Å². The van der Waals surface area contributed by atoms with E-state index in [2.05, 4.69) is 27.9 Å². The van der Waals surface area contributed by atoms with Gasteiger partial charge in [0.2, 0.25) is 5.91 Å². The van der Waals surface area contributed by atoms with Gasteiger partial charge in [-0.2, -0.15) is 5.10 Å². The van der Waals surface area contributed by atoms with E-state index in [-0.39, 0.29) is 11.3 Å². The van der Waals surface area contributed by atoms with E-state index in [4.69, 9.17) is 5.10 Å². The maximum Gasteiger partial charge on any atom is 0.236 e. The number of pyridine rings is 1. The molecule has 1 amide bonds. The molecule has 1 saturated heterocycles. The second-order valence-electron chi connectivity index (χ2n) is 8.07. The van der Waals surface area contributed by atoms with E-state index in [0.717, 1.165) is 48.2 Å². The molecule has 1 fully saturated rings. The van der Waals surface area contributed by atoms with Crippen LogP contribution in [0, 0.1) is 0 Å². The lowest BCUT2D eigenvalue weighted by molar-refractivity contribution is -0.139. The molecule has 0 N–H and O–H groups in total. The van der Waals surface area contributed by atoms with Crippen LogP contribution in [0.5, 0.6) is 0 Å². The number of aromatic nitrogens is 3. The van der Waals surface area contributed by atoms with Crippen molar-refractivity contribution in [3.8, 4) is 11.3 Å². The average Bonchev–Trinajstić information content (AvgIpc) is 3.18. The van der Waals surface area contributed by atoms with E-state index in [1.807, 2.05) is 48.3 Å². The maximum atomic E-state index is 12.3. The zero-order chi connectivity index (χ0) is 18.6. The second kappa shape index (κ2) is 5.89. The normalized spacial score (nSPS) is 17.5. The number of hydrogen-bond donors (Lipinski definition) is 0. The number of likely N-dealkylation sites (N-methyl/N-ethyl adjacent to an activating group) is 1. The fourth-order valence-electron chi connectivity index (χ4n) is 4.37. The average molecular weight is 361 g/mol. The molecular formula is C21H23N5O. The van der Waals surface area contributed by atoms with Gasteiger partial charge >= 0.3 is 0 Å². The van der Waals surface area contributed by atoms with E-state index in [1.54, 1.807) is 0 Å². The molecule has 27 heavy (non-hydrogen) atoms. The fourth-order valence-corrected chi connectivity index (χ4v) is 4.37. The summed E-state index contributed by atoms with van der Waals surface area (Å²) < 4.78 is 2.12. The highest BCUT2D eigenvalue weighted by atomic mass is 16.2. The summed E-state index contributed by atoms with van der Waals surface area (Å²) in [7, 11) is 3.87. The summed E-state index contributed by atoms with van der Waals surface area (Å²) in [6.07, 6.45) is 2.97. The van der Waals surface area contributed by atoms with E-state index >= 15 is 0 Å². The monoisotopic (exact) mass is 361 g/mol. The van der Waals surface area contributed by atoms with Gasteiger partial charge < -0.3 is 9.80 Å². The van der Waals surface area contributed by atoms with Crippen LogP contribution in [0.2, 0.25) is 0 Å². The van der Waals surface area contributed by atoms with Gasteiger partial charge in [0.1, 0.15) is 0 Å². The summed E-state index contributed by atoms with van der Waals surface area (Å²) in [4.78, 5) is 20.8. The minimum Gasteiger partial charge on any atom is -0.340 e. The Balaban J connectivity index is 1.41. The summed E-state index contributed by atoms with van der Waals surface area (Å²) in [6.45, 7) is 3.01. The van der Waals surface area contributed by atoms with Gasteiger partial charge in [0, 0.05) is 47.9 Å². The molecule has 138 valence electrons. The van der Waals surface area contributed by atoms with Crippen LogP contribution in [0.3, 0.4) is 0 Å². The molecule has 5 rings (SSSR count). The number of rotatable bonds is 3. The Bertz CT molecular complexity index is 1030. The molecule has 2 aromatic heterocycles. The molecule has 0 radical (unpaired) electrons. The number of carbonyl (C=O) groups excluding carboxylic acids is 1. The van der Waals surface area contributed by atoms with Crippen LogP contribution in [0.25, 0.3) is 22.2 Å². The Labute approximate surface area is 158 Å². The number of hydrogen-bond acceptors (Lipinski definition) is 4. The molecule has 2 aliphatic heterocycles. The number of para-hydroxylation sites is 1. The summed E-state index contributed by atoms with van der Waals surface area (Å²) in [5, 5.41) is 5.96. The number of amides is 1. The Morgan fingerprint density at radius 1 is 1.22 bits per heavy atom. The minimum absolute atomic E-state index is 0.0809. The zero-order valence-electron chi connectivity index (χ0n) is 15.7. The van der Waals surface area contributed by atoms with Crippen LogP contribution in [0.4, 0.5) is 0 Å². The van der Waals surface area contributed by atoms with Crippen molar-refractivity contribution in [3.63, 3.8) is 0 Å². The third-order valence-electron chi connectivity index (χ3n) is 5.80. The highest BCUT2D eigenvalue weighted by Crippen LogP contribution is 2.43. The van der Waals surface area contributed by atoms with Crippen LogP contribution >= 0.6 is 0 Å². The van der Waals surface area contributed by atoms with Gasteiger partial charge in [0.05, 0.1) is 17.8 Å². The Morgan fingerprint density at radius 2 is 2.04 bits per heavy atom. The molecule has 0 unspecified atom stereocenters. The molecule has 0 atom stereocenters. The van der Waals surface area contributed by atoms with E-state index in [9.17, 15) is 4.79 Å². The molecule has 1 spiro atoms. The first-order valence-electron chi connectivity index (χ1n) is 9.40. The van der Waals surface area contributed by atoms with Crippen LogP contribution < -0.4 is 0 Å². The molecule has 4 heterocycles. The highest BCUT2D eigenvalue weighted by Gasteiger charge is 2.51. The van der Waals surface area contributed by atoms with Gasteiger partial charge in [-0.15, -0.1) is 0 Å². The van der Waals surface area contributed by atoms with Crippen molar-refractivity contribution < 1.29 is 4.79 Å². The largest absolute Gasteiger partial charge is 0.340 e. The number of nitrogens with zero attached hydrogens (tertiary/aromatic N) is 5. The van der Waals surface area contributed by atoms with Crippen LogP contribution in [-0.2, 0) is 16.8 Å². The van der Waals surface area contributed by atoms with Crippen molar-refractivity contribution in [1.82, 2.24) is 24.6 Å². The molecule has 2 aliphatic rings. The van der Waals surface area contributed by atoms with Gasteiger partial charge in [0.25, 0.3) is 0 Å². The lowest BCUT2D eigenvalue weighted by Gasteiger charge is -2.48. The van der Waals surface area contributed by atoms with E-state index < -0.39 is 0 Å². The smallest absolute Gasteiger partial charge is 0.236 e. The fraction of sp³-hybridized carbons (Fsp3) is 0.381.